The summed E-state index contributed by atoms with van der Waals surface area (Å²) < 4.78 is 0. The first-order chi connectivity index (χ1) is 8.02. The zero-order valence-electron chi connectivity index (χ0n) is 10.4. The van der Waals surface area contributed by atoms with Gasteiger partial charge in [0.15, 0.2) is 0 Å². The van der Waals surface area contributed by atoms with Gasteiger partial charge in [-0.15, -0.1) is 0 Å². The van der Waals surface area contributed by atoms with Gasteiger partial charge >= 0.3 is 5.97 Å². The summed E-state index contributed by atoms with van der Waals surface area (Å²) in [6.45, 7) is 2.34. The monoisotopic (exact) mass is 262 g/mol. The highest BCUT2D eigenvalue weighted by Gasteiger charge is 2.22. The lowest BCUT2D eigenvalue weighted by Gasteiger charge is -2.17. The standard InChI is InChI=1S/C11H22N2O3S/c1-8(4-3-6-12)10(14)13-9(11(15)16)5-7-17-2/h8-9H,3-7,12H2,1-2H3,(H,13,14)(H,15,16)/t8?,9-/m1/s1. The third kappa shape index (κ3) is 7.23. The predicted octanol–water partition coefficient (Wildman–Crippen LogP) is 0.684. The quantitative estimate of drug-likeness (QED) is 0.568. The Kier molecular flexibility index (Phi) is 8.89. The molecule has 0 aliphatic rings. The maximum atomic E-state index is 11.7. The lowest BCUT2D eigenvalue weighted by atomic mass is 10.0. The highest BCUT2D eigenvalue weighted by molar-refractivity contribution is 7.98. The maximum Gasteiger partial charge on any atom is 0.326 e. The van der Waals surface area contributed by atoms with Crippen molar-refractivity contribution >= 4 is 23.6 Å². The van der Waals surface area contributed by atoms with Crippen molar-refractivity contribution in [2.24, 2.45) is 11.7 Å². The summed E-state index contributed by atoms with van der Waals surface area (Å²) in [4.78, 5) is 22.6. The Bertz CT molecular complexity index is 249. The number of carboxylic acids is 1. The Morgan fingerprint density at radius 2 is 2.06 bits per heavy atom. The van der Waals surface area contributed by atoms with Crippen molar-refractivity contribution in [2.45, 2.75) is 32.2 Å². The molecule has 0 saturated carbocycles. The lowest BCUT2D eigenvalue weighted by Crippen LogP contribution is -2.43. The van der Waals surface area contributed by atoms with Crippen LogP contribution in [-0.2, 0) is 9.59 Å². The molecule has 5 nitrogen and oxygen atoms in total. The Balaban J connectivity index is 4.15. The van der Waals surface area contributed by atoms with Crippen molar-refractivity contribution in [3.63, 3.8) is 0 Å². The van der Waals surface area contributed by atoms with E-state index in [1.807, 2.05) is 6.26 Å². The number of hydrogen-bond acceptors (Lipinski definition) is 4. The number of carboxylic acid groups (broad SMARTS) is 1. The highest BCUT2D eigenvalue weighted by atomic mass is 32.2. The fourth-order valence-electron chi connectivity index (χ4n) is 1.36. The van der Waals surface area contributed by atoms with E-state index in [2.05, 4.69) is 5.32 Å². The molecule has 0 heterocycles. The van der Waals surface area contributed by atoms with E-state index in [-0.39, 0.29) is 11.8 Å². The van der Waals surface area contributed by atoms with Crippen molar-refractivity contribution < 1.29 is 14.7 Å². The van der Waals surface area contributed by atoms with Crippen molar-refractivity contribution in [3.05, 3.63) is 0 Å². The molecule has 0 aromatic rings. The highest BCUT2D eigenvalue weighted by Crippen LogP contribution is 2.07. The van der Waals surface area contributed by atoms with Crippen LogP contribution in [0.1, 0.15) is 26.2 Å². The molecule has 0 bridgehead atoms. The molecule has 0 saturated heterocycles. The fraction of sp³-hybridized carbons (Fsp3) is 0.818. The molecule has 0 fully saturated rings. The van der Waals surface area contributed by atoms with Gasteiger partial charge in [0.25, 0.3) is 0 Å². The van der Waals surface area contributed by atoms with E-state index in [0.717, 1.165) is 6.42 Å². The summed E-state index contributed by atoms with van der Waals surface area (Å²) in [6, 6.07) is -0.782. The van der Waals surface area contributed by atoms with Crippen molar-refractivity contribution in [1.29, 1.82) is 0 Å². The smallest absolute Gasteiger partial charge is 0.326 e. The molecular weight excluding hydrogens is 240 g/mol. The van der Waals surface area contributed by atoms with Crippen molar-refractivity contribution in [2.75, 3.05) is 18.6 Å². The molecule has 0 rings (SSSR count). The van der Waals surface area contributed by atoms with Gasteiger partial charge in [-0.05, 0) is 37.8 Å². The van der Waals surface area contributed by atoms with Gasteiger partial charge in [-0.1, -0.05) is 6.92 Å². The molecule has 0 spiro atoms. The second-order valence-electron chi connectivity index (χ2n) is 4.01. The van der Waals surface area contributed by atoms with Crippen molar-refractivity contribution in [1.82, 2.24) is 5.32 Å². The summed E-state index contributed by atoms with van der Waals surface area (Å²) >= 11 is 1.57. The second kappa shape index (κ2) is 9.30. The summed E-state index contributed by atoms with van der Waals surface area (Å²) in [5, 5.41) is 11.5. The van der Waals surface area contributed by atoms with Crippen LogP contribution in [-0.4, -0.2) is 41.6 Å². The Hall–Kier alpha value is -0.750. The van der Waals surface area contributed by atoms with E-state index in [4.69, 9.17) is 10.8 Å². The number of nitrogens with one attached hydrogen (secondary N) is 1. The van der Waals surface area contributed by atoms with Gasteiger partial charge in [0, 0.05) is 5.92 Å². The van der Waals surface area contributed by atoms with E-state index in [1.54, 1.807) is 18.7 Å². The summed E-state index contributed by atoms with van der Waals surface area (Å²) in [5.74, 6) is -0.644. The number of nitrogens with two attached hydrogens (primary N) is 1. The summed E-state index contributed by atoms with van der Waals surface area (Å²) in [5.41, 5.74) is 5.36. The molecule has 4 N–H and O–H groups in total. The topological polar surface area (TPSA) is 92.4 Å². The number of rotatable bonds is 9. The molecule has 0 aromatic carbocycles. The largest absolute Gasteiger partial charge is 0.480 e. The molecule has 0 radical (unpaired) electrons. The van der Waals surface area contributed by atoms with Crippen LogP contribution in [0, 0.1) is 5.92 Å². The van der Waals surface area contributed by atoms with Gasteiger partial charge in [0.05, 0.1) is 0 Å². The molecule has 0 aliphatic carbocycles. The first kappa shape index (κ1) is 16.2. The van der Waals surface area contributed by atoms with Crippen LogP contribution >= 0.6 is 11.8 Å². The van der Waals surface area contributed by atoms with Gasteiger partial charge in [0.2, 0.25) is 5.91 Å². The van der Waals surface area contributed by atoms with E-state index in [1.165, 1.54) is 0 Å². The number of thioether (sulfide) groups is 1. The molecule has 17 heavy (non-hydrogen) atoms. The van der Waals surface area contributed by atoms with Gasteiger partial charge in [0.1, 0.15) is 6.04 Å². The zero-order chi connectivity index (χ0) is 13.3. The number of carbonyl (C=O) groups excluding carboxylic acids is 1. The third-order valence-electron chi connectivity index (χ3n) is 2.51. The predicted molar refractivity (Wildman–Crippen MR) is 70.0 cm³/mol. The molecule has 1 unspecified atom stereocenters. The maximum absolute atomic E-state index is 11.7. The molecule has 1 amide bonds. The number of amides is 1. The van der Waals surface area contributed by atoms with Crippen LogP contribution in [0.3, 0.4) is 0 Å². The lowest BCUT2D eigenvalue weighted by molar-refractivity contribution is -0.142. The minimum atomic E-state index is -0.974. The Labute approximate surface area is 107 Å². The Morgan fingerprint density at radius 1 is 1.41 bits per heavy atom. The van der Waals surface area contributed by atoms with Crippen LogP contribution in [0.2, 0.25) is 0 Å². The number of carbonyl (C=O) groups is 2. The van der Waals surface area contributed by atoms with Gasteiger partial charge < -0.3 is 16.2 Å². The molecule has 100 valence electrons. The van der Waals surface area contributed by atoms with Crippen LogP contribution in [0.15, 0.2) is 0 Å². The molecular formula is C11H22N2O3S. The normalized spacial score (nSPS) is 14.1. The Morgan fingerprint density at radius 3 is 2.53 bits per heavy atom. The van der Waals surface area contributed by atoms with Gasteiger partial charge in [-0.2, -0.15) is 11.8 Å². The third-order valence-corrected chi connectivity index (χ3v) is 3.16. The van der Waals surface area contributed by atoms with Crippen LogP contribution in [0.4, 0.5) is 0 Å². The summed E-state index contributed by atoms with van der Waals surface area (Å²) in [6.07, 6.45) is 3.82. The number of hydrogen-bond donors (Lipinski definition) is 3. The minimum Gasteiger partial charge on any atom is -0.480 e. The second-order valence-corrected chi connectivity index (χ2v) is 5.00. The van der Waals surface area contributed by atoms with E-state index < -0.39 is 12.0 Å². The fourth-order valence-corrected chi connectivity index (χ4v) is 1.83. The van der Waals surface area contributed by atoms with E-state index in [9.17, 15) is 9.59 Å². The average molecular weight is 262 g/mol. The molecule has 0 aliphatic heterocycles. The van der Waals surface area contributed by atoms with Gasteiger partial charge in [-0.25, -0.2) is 4.79 Å². The van der Waals surface area contributed by atoms with Gasteiger partial charge in [-0.3, -0.25) is 4.79 Å². The molecule has 6 heteroatoms. The minimum absolute atomic E-state index is 0.185. The zero-order valence-corrected chi connectivity index (χ0v) is 11.3. The molecule has 0 aromatic heterocycles. The van der Waals surface area contributed by atoms with E-state index >= 15 is 0 Å². The summed E-state index contributed by atoms with van der Waals surface area (Å²) in [7, 11) is 0. The SMILES string of the molecule is CSCC[C@@H](NC(=O)C(C)CCCN)C(=O)O. The first-order valence-corrected chi connectivity index (χ1v) is 7.14. The van der Waals surface area contributed by atoms with Crippen LogP contribution in [0.25, 0.3) is 0 Å². The number of aliphatic carboxylic acids is 1. The van der Waals surface area contributed by atoms with Crippen molar-refractivity contribution in [3.8, 4) is 0 Å². The van der Waals surface area contributed by atoms with Crippen LogP contribution in [0.5, 0.6) is 0 Å². The van der Waals surface area contributed by atoms with E-state index in [0.29, 0.717) is 25.1 Å². The molecule has 2 atom stereocenters. The first-order valence-electron chi connectivity index (χ1n) is 5.75. The van der Waals surface area contributed by atoms with Crippen LogP contribution < -0.4 is 11.1 Å². The average Bonchev–Trinajstić information content (AvgIpc) is 2.30.